The first-order valence-corrected chi connectivity index (χ1v) is 8.17. The first kappa shape index (κ1) is 13.4. The van der Waals surface area contributed by atoms with Gasteiger partial charge < -0.3 is 0 Å². The van der Waals surface area contributed by atoms with Crippen LogP contribution in [-0.4, -0.2) is 9.97 Å². The quantitative estimate of drug-likeness (QED) is 0.468. The molecule has 4 rings (SSSR count). The minimum atomic E-state index is 1.06. The van der Waals surface area contributed by atoms with Gasteiger partial charge in [-0.25, -0.2) is 4.98 Å². The van der Waals surface area contributed by atoms with Crippen LogP contribution in [0.1, 0.15) is 16.8 Å². The van der Waals surface area contributed by atoms with E-state index in [4.69, 9.17) is 0 Å². The van der Waals surface area contributed by atoms with Gasteiger partial charge in [0.25, 0.3) is 0 Å². The summed E-state index contributed by atoms with van der Waals surface area (Å²) in [6.07, 6.45) is 1.90. The summed E-state index contributed by atoms with van der Waals surface area (Å²) in [6, 6.07) is 12.9. The minimum Gasteiger partial charge on any atom is -0.255 e. The number of pyridine rings is 2. The van der Waals surface area contributed by atoms with Crippen molar-refractivity contribution < 1.29 is 0 Å². The van der Waals surface area contributed by atoms with E-state index in [0.717, 1.165) is 16.2 Å². The molecule has 0 aliphatic carbocycles. The molecule has 0 bridgehead atoms. The highest BCUT2D eigenvalue weighted by atomic mass is 32.1. The van der Waals surface area contributed by atoms with E-state index in [2.05, 4.69) is 60.2 Å². The maximum absolute atomic E-state index is 4.67. The van der Waals surface area contributed by atoms with E-state index >= 15 is 0 Å². The third-order valence-electron chi connectivity index (χ3n) is 3.89. The Labute approximate surface area is 133 Å². The smallest absolute Gasteiger partial charge is 0.124 e. The highest BCUT2D eigenvalue weighted by Crippen LogP contribution is 2.38. The van der Waals surface area contributed by atoms with Crippen LogP contribution in [0.5, 0.6) is 0 Å². The molecule has 0 spiro atoms. The summed E-state index contributed by atoms with van der Waals surface area (Å²) in [6.45, 7) is 6.30. The number of hydrogen-bond donors (Lipinski definition) is 0. The third kappa shape index (κ3) is 2.09. The lowest BCUT2D eigenvalue weighted by atomic mass is 10.0. The standard InChI is InChI=1S/C19H16N2S/c1-11-8-12(2)10-14(9-11)17-18-15(6-7-20-17)16-5-4-13(3)21-19(16)22-18/h4-10H,1-3H3. The first-order chi connectivity index (χ1) is 10.6. The van der Waals surface area contributed by atoms with Gasteiger partial charge in [-0.2, -0.15) is 0 Å². The van der Waals surface area contributed by atoms with Crippen molar-refractivity contribution in [3.63, 3.8) is 0 Å². The Balaban J connectivity index is 2.08. The molecular weight excluding hydrogens is 288 g/mol. The highest BCUT2D eigenvalue weighted by molar-refractivity contribution is 7.26. The van der Waals surface area contributed by atoms with E-state index in [0.29, 0.717) is 0 Å². The average Bonchev–Trinajstić information content (AvgIpc) is 2.83. The Kier molecular flexibility index (Phi) is 2.98. The second kappa shape index (κ2) is 4.89. The Morgan fingerprint density at radius 2 is 1.64 bits per heavy atom. The molecule has 2 nitrogen and oxygen atoms in total. The molecular formula is C19H16N2S. The van der Waals surface area contributed by atoms with Gasteiger partial charge in [0, 0.05) is 28.2 Å². The van der Waals surface area contributed by atoms with Gasteiger partial charge in [-0.15, -0.1) is 11.3 Å². The fraction of sp³-hybridized carbons (Fsp3) is 0.158. The van der Waals surface area contributed by atoms with Crippen LogP contribution in [0, 0.1) is 20.8 Å². The summed E-state index contributed by atoms with van der Waals surface area (Å²) in [5.74, 6) is 0. The van der Waals surface area contributed by atoms with Gasteiger partial charge in [-0.3, -0.25) is 4.98 Å². The van der Waals surface area contributed by atoms with Crippen molar-refractivity contribution in [2.24, 2.45) is 0 Å². The summed E-state index contributed by atoms with van der Waals surface area (Å²) in [5, 5.41) is 2.47. The average molecular weight is 304 g/mol. The summed E-state index contributed by atoms with van der Waals surface area (Å²) < 4.78 is 1.22. The largest absolute Gasteiger partial charge is 0.255 e. The Morgan fingerprint density at radius 3 is 2.41 bits per heavy atom. The second-order valence-corrected chi connectivity index (χ2v) is 6.82. The van der Waals surface area contributed by atoms with Crippen molar-refractivity contribution in [2.45, 2.75) is 20.8 Å². The van der Waals surface area contributed by atoms with Gasteiger partial charge in [0.15, 0.2) is 0 Å². The zero-order valence-electron chi connectivity index (χ0n) is 12.8. The van der Waals surface area contributed by atoms with Crippen molar-refractivity contribution in [2.75, 3.05) is 0 Å². The number of hydrogen-bond acceptors (Lipinski definition) is 3. The van der Waals surface area contributed by atoms with Crippen LogP contribution in [-0.2, 0) is 0 Å². The van der Waals surface area contributed by atoms with Crippen molar-refractivity contribution in [1.29, 1.82) is 0 Å². The van der Waals surface area contributed by atoms with Crippen LogP contribution in [0.25, 0.3) is 31.6 Å². The van der Waals surface area contributed by atoms with Gasteiger partial charge in [-0.05, 0) is 51.1 Å². The normalized spacial score (nSPS) is 11.4. The Morgan fingerprint density at radius 1 is 0.864 bits per heavy atom. The van der Waals surface area contributed by atoms with Gasteiger partial charge in [0.1, 0.15) is 4.83 Å². The fourth-order valence-electron chi connectivity index (χ4n) is 2.99. The summed E-state index contributed by atoms with van der Waals surface area (Å²) in [4.78, 5) is 10.4. The molecule has 0 fully saturated rings. The van der Waals surface area contributed by atoms with Gasteiger partial charge >= 0.3 is 0 Å². The van der Waals surface area contributed by atoms with E-state index in [1.54, 1.807) is 11.3 Å². The van der Waals surface area contributed by atoms with Gasteiger partial charge in [-0.1, -0.05) is 17.2 Å². The van der Waals surface area contributed by atoms with Crippen LogP contribution in [0.4, 0.5) is 0 Å². The van der Waals surface area contributed by atoms with E-state index in [1.165, 1.54) is 32.2 Å². The zero-order chi connectivity index (χ0) is 15.3. The minimum absolute atomic E-state index is 1.06. The highest BCUT2D eigenvalue weighted by Gasteiger charge is 2.12. The molecule has 0 unspecified atom stereocenters. The molecule has 0 aliphatic heterocycles. The number of rotatable bonds is 1. The molecule has 0 atom stereocenters. The molecule has 108 valence electrons. The lowest BCUT2D eigenvalue weighted by Gasteiger charge is -2.05. The number of thiophene rings is 1. The number of aromatic nitrogens is 2. The molecule has 1 aromatic carbocycles. The topological polar surface area (TPSA) is 25.8 Å². The Bertz CT molecular complexity index is 994. The van der Waals surface area contributed by atoms with Crippen LogP contribution in [0.15, 0.2) is 42.6 Å². The van der Waals surface area contributed by atoms with Gasteiger partial charge in [0.2, 0.25) is 0 Å². The van der Waals surface area contributed by atoms with Crippen molar-refractivity contribution >= 4 is 31.6 Å². The van der Waals surface area contributed by atoms with E-state index < -0.39 is 0 Å². The number of fused-ring (bicyclic) bond motifs is 3. The maximum atomic E-state index is 4.67. The predicted molar refractivity (Wildman–Crippen MR) is 94.6 cm³/mol. The lowest BCUT2D eigenvalue weighted by molar-refractivity contribution is 1.27. The summed E-state index contributed by atoms with van der Waals surface area (Å²) in [5.41, 5.74) is 5.84. The molecule has 0 aliphatic rings. The number of benzene rings is 1. The van der Waals surface area contributed by atoms with Crippen LogP contribution in [0.3, 0.4) is 0 Å². The SMILES string of the molecule is Cc1cc(C)cc(-c2nccc3c2sc2nc(C)ccc23)c1. The molecule has 3 aromatic heterocycles. The molecule has 22 heavy (non-hydrogen) atoms. The first-order valence-electron chi connectivity index (χ1n) is 7.35. The van der Waals surface area contributed by atoms with Crippen molar-refractivity contribution in [3.05, 3.63) is 59.4 Å². The fourth-order valence-corrected chi connectivity index (χ4v) is 4.22. The predicted octanol–water partition coefficient (Wildman–Crippen LogP) is 5.44. The third-order valence-corrected chi connectivity index (χ3v) is 5.01. The second-order valence-electron chi connectivity index (χ2n) is 5.82. The van der Waals surface area contributed by atoms with Crippen LogP contribution >= 0.6 is 11.3 Å². The molecule has 4 aromatic rings. The maximum Gasteiger partial charge on any atom is 0.124 e. The van der Waals surface area contributed by atoms with Crippen molar-refractivity contribution in [1.82, 2.24) is 9.97 Å². The van der Waals surface area contributed by atoms with Crippen LogP contribution in [0.2, 0.25) is 0 Å². The summed E-state index contributed by atoms with van der Waals surface area (Å²) >= 11 is 1.74. The zero-order valence-corrected chi connectivity index (χ0v) is 13.7. The molecule has 0 saturated carbocycles. The van der Waals surface area contributed by atoms with Crippen molar-refractivity contribution in [3.8, 4) is 11.3 Å². The molecule has 0 saturated heterocycles. The summed E-state index contributed by atoms with van der Waals surface area (Å²) in [7, 11) is 0. The molecule has 3 heteroatoms. The Hall–Kier alpha value is -2.26. The van der Waals surface area contributed by atoms with Gasteiger partial charge in [0.05, 0.1) is 10.4 Å². The molecule has 0 amide bonds. The van der Waals surface area contributed by atoms with Crippen LogP contribution < -0.4 is 0 Å². The lowest BCUT2D eigenvalue weighted by Crippen LogP contribution is -1.86. The monoisotopic (exact) mass is 304 g/mol. The number of aryl methyl sites for hydroxylation is 3. The number of nitrogens with zero attached hydrogens (tertiary/aromatic N) is 2. The molecule has 3 heterocycles. The molecule has 0 radical (unpaired) electrons. The van der Waals surface area contributed by atoms with E-state index in [1.807, 2.05) is 13.1 Å². The van der Waals surface area contributed by atoms with E-state index in [9.17, 15) is 0 Å². The van der Waals surface area contributed by atoms with E-state index in [-0.39, 0.29) is 0 Å². The molecule has 0 N–H and O–H groups in total.